The van der Waals surface area contributed by atoms with Gasteiger partial charge in [-0.1, -0.05) is 0 Å². The average molecular weight is 326 g/mol. The molecule has 0 aromatic carbocycles. The van der Waals surface area contributed by atoms with E-state index in [0.717, 1.165) is 30.5 Å². The second-order valence-corrected chi connectivity index (χ2v) is 5.98. The summed E-state index contributed by atoms with van der Waals surface area (Å²) in [5.74, 6) is 0.166. The van der Waals surface area contributed by atoms with Crippen molar-refractivity contribution in [3.8, 4) is 11.3 Å². The predicted octanol–water partition coefficient (Wildman–Crippen LogP) is 1.42. The second-order valence-electron chi connectivity index (χ2n) is 5.98. The van der Waals surface area contributed by atoms with Gasteiger partial charge < -0.3 is 10.5 Å². The number of nitrogens with one attached hydrogen (secondary N) is 1. The Labute approximate surface area is 137 Å². The van der Waals surface area contributed by atoms with Crippen molar-refractivity contribution in [1.29, 1.82) is 0 Å². The highest BCUT2D eigenvalue weighted by Gasteiger charge is 2.23. The summed E-state index contributed by atoms with van der Waals surface area (Å²) in [5, 5.41) is 7.61. The number of aromatic amines is 1. The molecule has 8 heteroatoms. The molecule has 3 N–H and O–H groups in total. The summed E-state index contributed by atoms with van der Waals surface area (Å²) in [5.41, 5.74) is 8.21. The second kappa shape index (κ2) is 5.72. The molecule has 8 nitrogen and oxygen atoms in total. The molecule has 0 spiro atoms. The lowest BCUT2D eigenvalue weighted by atomic mass is 10.1. The summed E-state index contributed by atoms with van der Waals surface area (Å²) >= 11 is 0. The molecule has 1 unspecified atom stereocenters. The number of fused-ring (bicyclic) bond motifs is 1. The van der Waals surface area contributed by atoms with Gasteiger partial charge in [0.1, 0.15) is 5.65 Å². The van der Waals surface area contributed by atoms with Crippen LogP contribution in [0.2, 0.25) is 0 Å². The molecule has 4 rings (SSSR count). The molecule has 3 aromatic rings. The number of ether oxygens (including phenoxy) is 1. The van der Waals surface area contributed by atoms with Gasteiger partial charge >= 0.3 is 0 Å². The quantitative estimate of drug-likeness (QED) is 0.736. The molecule has 1 aliphatic heterocycles. The van der Waals surface area contributed by atoms with E-state index in [2.05, 4.69) is 20.2 Å². The zero-order chi connectivity index (χ0) is 16.7. The van der Waals surface area contributed by atoms with E-state index < -0.39 is 0 Å². The van der Waals surface area contributed by atoms with E-state index in [-0.39, 0.29) is 17.5 Å². The van der Waals surface area contributed by atoms with E-state index in [0.29, 0.717) is 23.5 Å². The molecule has 24 heavy (non-hydrogen) atoms. The first kappa shape index (κ1) is 14.8. The van der Waals surface area contributed by atoms with Crippen LogP contribution in [0.1, 0.15) is 24.6 Å². The lowest BCUT2D eigenvalue weighted by Crippen LogP contribution is -2.32. The third-order valence-corrected chi connectivity index (χ3v) is 4.39. The highest BCUT2D eigenvalue weighted by molar-refractivity contribution is 5.83. The minimum atomic E-state index is -0.125. The van der Waals surface area contributed by atoms with Gasteiger partial charge in [0.25, 0.3) is 5.56 Å². The van der Waals surface area contributed by atoms with Crippen molar-refractivity contribution in [2.75, 3.05) is 18.9 Å². The lowest BCUT2D eigenvalue weighted by Gasteiger charge is -2.26. The van der Waals surface area contributed by atoms with Gasteiger partial charge in [0.2, 0.25) is 5.95 Å². The van der Waals surface area contributed by atoms with Crippen molar-refractivity contribution in [3.63, 3.8) is 0 Å². The molecule has 124 valence electrons. The van der Waals surface area contributed by atoms with Crippen molar-refractivity contribution in [1.82, 2.24) is 24.7 Å². The summed E-state index contributed by atoms with van der Waals surface area (Å²) in [6, 6.07) is 3.52. The topological polar surface area (TPSA) is 112 Å². The Hall–Kier alpha value is -2.74. The third kappa shape index (κ3) is 2.35. The molecule has 0 aliphatic carbocycles. The van der Waals surface area contributed by atoms with Gasteiger partial charge in [0.15, 0.2) is 0 Å². The number of nitrogens with two attached hydrogens (primary N) is 1. The maximum Gasteiger partial charge on any atom is 0.261 e. The number of rotatable bonds is 2. The van der Waals surface area contributed by atoms with Crippen molar-refractivity contribution in [2.24, 2.45) is 0 Å². The van der Waals surface area contributed by atoms with E-state index in [1.54, 1.807) is 22.9 Å². The van der Waals surface area contributed by atoms with Crippen molar-refractivity contribution < 1.29 is 4.74 Å². The van der Waals surface area contributed by atoms with Crippen molar-refractivity contribution in [2.45, 2.75) is 25.8 Å². The number of aryl methyl sites for hydroxylation is 1. The lowest BCUT2D eigenvalue weighted by molar-refractivity contribution is 0.0594. The average Bonchev–Trinajstić information content (AvgIpc) is 3.09. The number of nitrogen functional groups attached to an aromatic ring is 1. The van der Waals surface area contributed by atoms with Gasteiger partial charge in [-0.2, -0.15) is 10.1 Å². The van der Waals surface area contributed by atoms with Gasteiger partial charge in [-0.05, 0) is 31.9 Å². The Balaban J connectivity index is 2.06. The summed E-state index contributed by atoms with van der Waals surface area (Å²) < 4.78 is 7.28. The van der Waals surface area contributed by atoms with Crippen LogP contribution in [0.3, 0.4) is 0 Å². The number of nitrogens with zero attached hydrogens (tertiary/aromatic N) is 4. The summed E-state index contributed by atoms with van der Waals surface area (Å²) in [6.45, 7) is 3.08. The minimum absolute atomic E-state index is 0.0645. The highest BCUT2D eigenvalue weighted by Crippen LogP contribution is 2.26. The number of pyridine rings is 1. The van der Waals surface area contributed by atoms with Gasteiger partial charge in [-0.3, -0.25) is 14.5 Å². The molecule has 0 amide bonds. The predicted molar refractivity (Wildman–Crippen MR) is 89.6 cm³/mol. The van der Waals surface area contributed by atoms with E-state index >= 15 is 0 Å². The summed E-state index contributed by atoms with van der Waals surface area (Å²) in [6.07, 6.45) is 3.40. The normalized spacial score (nSPS) is 18.1. The fraction of sp³-hybridized carbons (Fsp3) is 0.375. The van der Waals surface area contributed by atoms with Crippen LogP contribution in [0.15, 0.2) is 23.1 Å². The first-order chi connectivity index (χ1) is 11.6. The van der Waals surface area contributed by atoms with Crippen LogP contribution in [-0.4, -0.2) is 37.9 Å². The maximum absolute atomic E-state index is 13.2. The smallest absolute Gasteiger partial charge is 0.261 e. The van der Waals surface area contributed by atoms with E-state index in [4.69, 9.17) is 10.5 Å². The third-order valence-electron chi connectivity index (χ3n) is 4.39. The van der Waals surface area contributed by atoms with Crippen LogP contribution in [0.5, 0.6) is 0 Å². The van der Waals surface area contributed by atoms with Gasteiger partial charge in [-0.25, -0.2) is 4.98 Å². The molecule has 1 aliphatic rings. The molecule has 1 fully saturated rings. The van der Waals surface area contributed by atoms with E-state index in [1.807, 2.05) is 6.92 Å². The molecular formula is C16H18N6O2. The van der Waals surface area contributed by atoms with Gasteiger partial charge in [0, 0.05) is 18.2 Å². The zero-order valence-electron chi connectivity index (χ0n) is 13.3. The first-order valence-corrected chi connectivity index (χ1v) is 7.92. The largest absolute Gasteiger partial charge is 0.379 e. The molecule has 4 heterocycles. The number of hydrogen-bond donors (Lipinski definition) is 2. The van der Waals surface area contributed by atoms with Gasteiger partial charge in [0.05, 0.1) is 29.6 Å². The number of aromatic nitrogens is 5. The Morgan fingerprint density at radius 3 is 3.00 bits per heavy atom. The molecule has 0 bridgehead atoms. The van der Waals surface area contributed by atoms with Crippen LogP contribution >= 0.6 is 0 Å². The Morgan fingerprint density at radius 1 is 1.42 bits per heavy atom. The van der Waals surface area contributed by atoms with Crippen LogP contribution < -0.4 is 11.3 Å². The van der Waals surface area contributed by atoms with Crippen LogP contribution in [-0.2, 0) is 4.74 Å². The number of anilines is 1. The minimum Gasteiger partial charge on any atom is -0.379 e. The van der Waals surface area contributed by atoms with Crippen molar-refractivity contribution in [3.05, 3.63) is 34.4 Å². The maximum atomic E-state index is 13.2. The van der Waals surface area contributed by atoms with Gasteiger partial charge in [-0.15, -0.1) is 0 Å². The SMILES string of the molecule is Cc1nc(N)nc2c1cc(-c1ccn[nH]1)c(=O)n2C1CCCOC1. The summed E-state index contributed by atoms with van der Waals surface area (Å²) in [7, 11) is 0. The monoisotopic (exact) mass is 326 g/mol. The Bertz CT molecular complexity index is 941. The van der Waals surface area contributed by atoms with Crippen molar-refractivity contribution >= 4 is 17.0 Å². The molecule has 1 atom stereocenters. The Morgan fingerprint density at radius 2 is 2.29 bits per heavy atom. The Kier molecular flexibility index (Phi) is 3.53. The van der Waals surface area contributed by atoms with Crippen LogP contribution in [0, 0.1) is 6.92 Å². The van der Waals surface area contributed by atoms with E-state index in [1.165, 1.54) is 0 Å². The fourth-order valence-corrected chi connectivity index (χ4v) is 3.24. The highest BCUT2D eigenvalue weighted by atomic mass is 16.5. The molecule has 0 saturated carbocycles. The number of H-pyrrole nitrogens is 1. The first-order valence-electron chi connectivity index (χ1n) is 7.92. The molecular weight excluding hydrogens is 308 g/mol. The van der Waals surface area contributed by atoms with Crippen LogP contribution in [0.4, 0.5) is 5.95 Å². The molecule has 1 saturated heterocycles. The summed E-state index contributed by atoms with van der Waals surface area (Å²) in [4.78, 5) is 21.7. The van der Waals surface area contributed by atoms with E-state index in [9.17, 15) is 4.79 Å². The standard InChI is InChI=1S/C16H18N6O2/c1-9-11-7-12(13-4-5-18-21-13)15(23)22(10-3-2-6-24-8-10)14(11)20-16(17)19-9/h4-5,7,10H,2-3,6,8H2,1H3,(H,18,21)(H2,17,19,20). The zero-order valence-corrected chi connectivity index (χ0v) is 13.3. The van der Waals surface area contributed by atoms with Crippen LogP contribution in [0.25, 0.3) is 22.3 Å². The molecule has 0 radical (unpaired) electrons. The fourth-order valence-electron chi connectivity index (χ4n) is 3.24. The molecule has 3 aromatic heterocycles. The number of hydrogen-bond acceptors (Lipinski definition) is 6.